The summed E-state index contributed by atoms with van der Waals surface area (Å²) in [4.78, 5) is 12.2. The predicted molar refractivity (Wildman–Crippen MR) is 76.1 cm³/mol. The third-order valence-corrected chi connectivity index (χ3v) is 3.78. The molecule has 1 aromatic carbocycles. The summed E-state index contributed by atoms with van der Waals surface area (Å²) in [7, 11) is 1.92. The van der Waals surface area contributed by atoms with Crippen LogP contribution in [0.15, 0.2) is 24.3 Å². The quantitative estimate of drug-likeness (QED) is 0.876. The monoisotopic (exact) mass is 262 g/mol. The first kappa shape index (κ1) is 14.0. The van der Waals surface area contributed by atoms with Crippen LogP contribution < -0.4 is 10.6 Å². The van der Waals surface area contributed by atoms with Crippen molar-refractivity contribution in [3.8, 4) is 0 Å². The third kappa shape index (κ3) is 3.14. The summed E-state index contributed by atoms with van der Waals surface area (Å²) < 4.78 is 5.55. The highest BCUT2D eigenvalue weighted by Gasteiger charge is 2.37. The van der Waals surface area contributed by atoms with Crippen LogP contribution in [0.3, 0.4) is 0 Å². The summed E-state index contributed by atoms with van der Waals surface area (Å²) in [6.07, 6.45) is 1.73. The van der Waals surface area contributed by atoms with Gasteiger partial charge in [0.05, 0.1) is 0 Å². The van der Waals surface area contributed by atoms with Crippen molar-refractivity contribution in [1.29, 1.82) is 0 Å². The fourth-order valence-corrected chi connectivity index (χ4v) is 2.27. The summed E-state index contributed by atoms with van der Waals surface area (Å²) in [5, 5.41) is 6.14. The van der Waals surface area contributed by atoms with E-state index < -0.39 is 5.60 Å². The predicted octanol–water partition coefficient (Wildman–Crippen LogP) is 2.47. The van der Waals surface area contributed by atoms with Crippen LogP contribution in [-0.4, -0.2) is 25.2 Å². The van der Waals surface area contributed by atoms with Gasteiger partial charge in [-0.05, 0) is 51.4 Å². The molecule has 1 saturated heterocycles. The molecule has 1 heterocycles. The topological polar surface area (TPSA) is 50.4 Å². The molecule has 2 unspecified atom stereocenters. The minimum atomic E-state index is -0.676. The molecule has 2 N–H and O–H groups in total. The first-order chi connectivity index (χ1) is 9.05. The molecule has 0 spiro atoms. The number of nitrogens with one attached hydrogen (secondary N) is 2. The molecule has 1 aliphatic rings. The van der Waals surface area contributed by atoms with E-state index >= 15 is 0 Å². The van der Waals surface area contributed by atoms with Crippen LogP contribution in [0.4, 0.5) is 5.69 Å². The number of hydrogen-bond donors (Lipinski definition) is 2. The number of benzene rings is 1. The first-order valence-corrected chi connectivity index (χ1v) is 6.78. The molecule has 1 fully saturated rings. The second kappa shape index (κ2) is 5.72. The van der Waals surface area contributed by atoms with E-state index in [1.165, 1.54) is 0 Å². The molecule has 1 amide bonds. The lowest BCUT2D eigenvalue weighted by Crippen LogP contribution is -2.39. The largest absolute Gasteiger partial charge is 0.365 e. The molecule has 2 rings (SSSR count). The lowest BCUT2D eigenvalue weighted by atomic mass is 10.0. The molecule has 4 nitrogen and oxygen atoms in total. The van der Waals surface area contributed by atoms with Crippen molar-refractivity contribution in [3.63, 3.8) is 0 Å². The molecule has 104 valence electrons. The van der Waals surface area contributed by atoms with Crippen molar-refractivity contribution < 1.29 is 9.53 Å². The van der Waals surface area contributed by atoms with Crippen molar-refractivity contribution in [2.45, 2.75) is 38.3 Å². The Labute approximate surface area is 114 Å². The molecule has 0 bridgehead atoms. The van der Waals surface area contributed by atoms with Gasteiger partial charge in [0, 0.05) is 18.3 Å². The average molecular weight is 262 g/mol. The molecule has 1 aromatic rings. The highest BCUT2D eigenvalue weighted by Crippen LogP contribution is 2.27. The third-order valence-electron chi connectivity index (χ3n) is 3.78. The maximum Gasteiger partial charge on any atom is 0.256 e. The van der Waals surface area contributed by atoms with E-state index in [4.69, 9.17) is 4.74 Å². The maximum absolute atomic E-state index is 12.2. The lowest BCUT2D eigenvalue weighted by molar-refractivity contribution is -0.133. The van der Waals surface area contributed by atoms with Crippen LogP contribution in [0, 0.1) is 0 Å². The molecule has 0 radical (unpaired) electrons. The standard InChI is InChI=1S/C15H22N2O2/c1-11(16-3)12-6-4-7-13(10-12)17-14(18)15(2)8-5-9-19-15/h4,6-7,10-11,16H,5,8-9H2,1-3H3,(H,17,18). The minimum absolute atomic E-state index is 0.0562. The summed E-state index contributed by atoms with van der Waals surface area (Å²) in [6, 6.07) is 8.16. The van der Waals surface area contributed by atoms with E-state index in [9.17, 15) is 4.79 Å². The molecular weight excluding hydrogens is 240 g/mol. The summed E-state index contributed by atoms with van der Waals surface area (Å²) in [6.45, 7) is 4.61. The van der Waals surface area contributed by atoms with Gasteiger partial charge >= 0.3 is 0 Å². The number of carbonyl (C=O) groups is 1. The fraction of sp³-hybridized carbons (Fsp3) is 0.533. The molecule has 19 heavy (non-hydrogen) atoms. The van der Waals surface area contributed by atoms with Gasteiger partial charge in [0.15, 0.2) is 0 Å². The van der Waals surface area contributed by atoms with E-state index in [-0.39, 0.29) is 11.9 Å². The van der Waals surface area contributed by atoms with Gasteiger partial charge in [0.25, 0.3) is 5.91 Å². The van der Waals surface area contributed by atoms with Crippen LogP contribution in [0.5, 0.6) is 0 Å². The van der Waals surface area contributed by atoms with Crippen molar-refractivity contribution in [2.24, 2.45) is 0 Å². The first-order valence-electron chi connectivity index (χ1n) is 6.78. The summed E-state index contributed by atoms with van der Waals surface area (Å²) >= 11 is 0. The van der Waals surface area contributed by atoms with Crippen molar-refractivity contribution in [3.05, 3.63) is 29.8 Å². The Balaban J connectivity index is 2.08. The second-order valence-electron chi connectivity index (χ2n) is 5.27. The average Bonchev–Trinajstić information content (AvgIpc) is 2.86. The molecule has 0 saturated carbocycles. The van der Waals surface area contributed by atoms with E-state index in [1.54, 1.807) is 0 Å². The molecule has 0 aliphatic carbocycles. The van der Waals surface area contributed by atoms with Gasteiger partial charge < -0.3 is 15.4 Å². The van der Waals surface area contributed by atoms with Gasteiger partial charge in [-0.25, -0.2) is 0 Å². The summed E-state index contributed by atoms with van der Waals surface area (Å²) in [5.74, 6) is -0.0562. The zero-order valence-corrected chi connectivity index (χ0v) is 11.8. The van der Waals surface area contributed by atoms with Crippen LogP contribution in [0.1, 0.15) is 38.3 Å². The van der Waals surface area contributed by atoms with Gasteiger partial charge in [-0.1, -0.05) is 12.1 Å². The molecule has 4 heteroatoms. The second-order valence-corrected chi connectivity index (χ2v) is 5.27. The van der Waals surface area contributed by atoms with E-state index in [0.717, 1.165) is 24.1 Å². The van der Waals surface area contributed by atoms with E-state index in [0.29, 0.717) is 6.61 Å². The van der Waals surface area contributed by atoms with Crippen molar-refractivity contribution in [2.75, 3.05) is 19.0 Å². The number of amides is 1. The Morgan fingerprint density at radius 3 is 2.89 bits per heavy atom. The number of carbonyl (C=O) groups excluding carboxylic acids is 1. The number of anilines is 1. The Kier molecular flexibility index (Phi) is 4.22. The maximum atomic E-state index is 12.2. The highest BCUT2D eigenvalue weighted by atomic mass is 16.5. The van der Waals surface area contributed by atoms with Crippen molar-refractivity contribution >= 4 is 11.6 Å². The molecular formula is C15H22N2O2. The molecule has 2 atom stereocenters. The van der Waals surface area contributed by atoms with Gasteiger partial charge in [-0.15, -0.1) is 0 Å². The normalized spacial score (nSPS) is 24.2. The van der Waals surface area contributed by atoms with Gasteiger partial charge in [-0.2, -0.15) is 0 Å². The van der Waals surface area contributed by atoms with Crippen LogP contribution >= 0.6 is 0 Å². The van der Waals surface area contributed by atoms with Gasteiger partial charge in [-0.3, -0.25) is 4.79 Å². The minimum Gasteiger partial charge on any atom is -0.365 e. The number of hydrogen-bond acceptors (Lipinski definition) is 3. The molecule has 0 aromatic heterocycles. The Hall–Kier alpha value is -1.39. The van der Waals surface area contributed by atoms with Crippen LogP contribution in [0.2, 0.25) is 0 Å². The van der Waals surface area contributed by atoms with Gasteiger partial charge in [0.2, 0.25) is 0 Å². The van der Waals surface area contributed by atoms with Crippen LogP contribution in [0.25, 0.3) is 0 Å². The Bertz CT molecular complexity index is 453. The SMILES string of the molecule is CNC(C)c1cccc(NC(=O)C2(C)CCCO2)c1. The zero-order chi connectivity index (χ0) is 13.9. The number of rotatable bonds is 4. The van der Waals surface area contributed by atoms with E-state index in [2.05, 4.69) is 17.6 Å². The Morgan fingerprint density at radius 1 is 1.47 bits per heavy atom. The van der Waals surface area contributed by atoms with Gasteiger partial charge in [0.1, 0.15) is 5.60 Å². The summed E-state index contributed by atoms with van der Waals surface area (Å²) in [5.41, 5.74) is 1.30. The smallest absolute Gasteiger partial charge is 0.256 e. The zero-order valence-electron chi connectivity index (χ0n) is 11.8. The van der Waals surface area contributed by atoms with E-state index in [1.807, 2.05) is 38.2 Å². The van der Waals surface area contributed by atoms with Crippen molar-refractivity contribution in [1.82, 2.24) is 5.32 Å². The van der Waals surface area contributed by atoms with Crippen LogP contribution in [-0.2, 0) is 9.53 Å². The molecule has 1 aliphatic heterocycles. The Morgan fingerprint density at radius 2 is 2.26 bits per heavy atom. The number of ether oxygens (including phenoxy) is 1. The highest BCUT2D eigenvalue weighted by molar-refractivity contribution is 5.97. The lowest BCUT2D eigenvalue weighted by Gasteiger charge is -2.22. The fourth-order valence-electron chi connectivity index (χ4n) is 2.27.